The summed E-state index contributed by atoms with van der Waals surface area (Å²) < 4.78 is 5.86. The molecule has 7 heteroatoms. The highest BCUT2D eigenvalue weighted by Crippen LogP contribution is 2.23. The van der Waals surface area contributed by atoms with E-state index in [1.807, 2.05) is 12.1 Å². The lowest BCUT2D eigenvalue weighted by atomic mass is 10.0. The SMILES string of the molecule is CC(C)CN1CCC(NC(=O)c2ccccc2N(C)C(=O)c2ccc(Br)o2)CC1. The Bertz CT molecular complexity index is 856. The third-order valence-corrected chi connectivity index (χ3v) is 5.57. The van der Waals surface area contributed by atoms with Crippen LogP contribution in [0.1, 0.15) is 47.6 Å². The van der Waals surface area contributed by atoms with Gasteiger partial charge in [0.25, 0.3) is 11.8 Å². The number of carbonyl (C=O) groups is 2. The summed E-state index contributed by atoms with van der Waals surface area (Å²) in [5, 5.41) is 3.15. The first-order valence-corrected chi connectivity index (χ1v) is 10.8. The van der Waals surface area contributed by atoms with Crippen LogP contribution in [0.3, 0.4) is 0 Å². The molecule has 6 nitrogen and oxygen atoms in total. The number of benzene rings is 1. The molecule has 1 N–H and O–H groups in total. The molecule has 1 saturated heterocycles. The molecule has 0 atom stereocenters. The highest BCUT2D eigenvalue weighted by atomic mass is 79.9. The summed E-state index contributed by atoms with van der Waals surface area (Å²) in [5.74, 6) is 0.407. The molecule has 0 saturated carbocycles. The van der Waals surface area contributed by atoms with Gasteiger partial charge in [0.15, 0.2) is 10.4 Å². The van der Waals surface area contributed by atoms with E-state index in [1.54, 1.807) is 31.3 Å². The van der Waals surface area contributed by atoms with E-state index in [2.05, 4.69) is 40.0 Å². The molecular formula is C22H28BrN3O3. The lowest BCUT2D eigenvalue weighted by Gasteiger charge is -2.33. The largest absolute Gasteiger partial charge is 0.444 e. The Balaban J connectivity index is 1.67. The maximum absolute atomic E-state index is 13.0. The minimum absolute atomic E-state index is 0.150. The minimum atomic E-state index is -0.307. The van der Waals surface area contributed by atoms with Crippen LogP contribution in [0.25, 0.3) is 0 Å². The van der Waals surface area contributed by atoms with Crippen LogP contribution >= 0.6 is 15.9 Å². The third-order valence-electron chi connectivity index (χ3n) is 5.14. The molecule has 1 aromatic carbocycles. The number of furan rings is 1. The molecule has 3 rings (SSSR count). The molecule has 2 amide bonds. The Hall–Kier alpha value is -2.12. The highest BCUT2D eigenvalue weighted by Gasteiger charge is 2.25. The van der Waals surface area contributed by atoms with Gasteiger partial charge in [0.1, 0.15) is 0 Å². The van der Waals surface area contributed by atoms with Crippen LogP contribution < -0.4 is 10.2 Å². The smallest absolute Gasteiger partial charge is 0.293 e. The van der Waals surface area contributed by atoms with E-state index < -0.39 is 0 Å². The molecule has 1 aliphatic rings. The van der Waals surface area contributed by atoms with Crippen molar-refractivity contribution in [2.45, 2.75) is 32.7 Å². The number of likely N-dealkylation sites (tertiary alicyclic amines) is 1. The highest BCUT2D eigenvalue weighted by molar-refractivity contribution is 9.10. The Morgan fingerprint density at radius 1 is 1.21 bits per heavy atom. The van der Waals surface area contributed by atoms with Crippen molar-refractivity contribution in [3.8, 4) is 0 Å². The summed E-state index contributed by atoms with van der Waals surface area (Å²) in [6.07, 6.45) is 1.88. The standard InChI is InChI=1S/C22H28BrN3O3/c1-15(2)14-26-12-10-16(11-13-26)24-21(27)17-6-4-5-7-18(17)25(3)22(28)19-8-9-20(23)29-19/h4-9,15-16H,10-14H2,1-3H3,(H,24,27). The van der Waals surface area contributed by atoms with Crippen molar-refractivity contribution in [2.24, 2.45) is 5.92 Å². The van der Waals surface area contributed by atoms with Gasteiger partial charge in [-0.3, -0.25) is 9.59 Å². The fourth-order valence-electron chi connectivity index (χ4n) is 3.70. The first-order chi connectivity index (χ1) is 13.8. The minimum Gasteiger partial charge on any atom is -0.444 e. The van der Waals surface area contributed by atoms with Crippen LogP contribution in [0.2, 0.25) is 0 Å². The van der Waals surface area contributed by atoms with Crippen molar-refractivity contribution in [3.63, 3.8) is 0 Å². The van der Waals surface area contributed by atoms with Gasteiger partial charge in [-0.25, -0.2) is 0 Å². The average molecular weight is 462 g/mol. The number of rotatable bonds is 6. The number of anilines is 1. The molecule has 156 valence electrons. The fraction of sp³-hybridized carbons (Fsp3) is 0.455. The third kappa shape index (κ3) is 5.48. The monoisotopic (exact) mass is 461 g/mol. The molecule has 1 aliphatic heterocycles. The van der Waals surface area contributed by atoms with Gasteiger partial charge in [0, 0.05) is 32.7 Å². The summed E-state index contributed by atoms with van der Waals surface area (Å²) in [7, 11) is 1.65. The van der Waals surface area contributed by atoms with Gasteiger partial charge >= 0.3 is 0 Å². The van der Waals surface area contributed by atoms with E-state index in [9.17, 15) is 9.59 Å². The molecule has 1 aromatic heterocycles. The van der Waals surface area contributed by atoms with Crippen LogP contribution in [-0.4, -0.2) is 49.4 Å². The van der Waals surface area contributed by atoms with Gasteiger partial charge in [-0.1, -0.05) is 26.0 Å². The number of carbonyl (C=O) groups excluding carboxylic acids is 2. The Morgan fingerprint density at radius 3 is 2.52 bits per heavy atom. The summed E-state index contributed by atoms with van der Waals surface area (Å²) >= 11 is 3.21. The van der Waals surface area contributed by atoms with Crippen molar-refractivity contribution in [1.29, 1.82) is 0 Å². The quantitative estimate of drug-likeness (QED) is 0.700. The van der Waals surface area contributed by atoms with Crippen molar-refractivity contribution in [2.75, 3.05) is 31.6 Å². The van der Waals surface area contributed by atoms with E-state index in [4.69, 9.17) is 4.42 Å². The predicted octanol–water partition coefficient (Wildman–Crippen LogP) is 4.17. The van der Waals surface area contributed by atoms with Gasteiger partial charge in [-0.2, -0.15) is 0 Å². The van der Waals surface area contributed by atoms with Crippen molar-refractivity contribution in [3.05, 3.63) is 52.4 Å². The Morgan fingerprint density at radius 2 is 1.90 bits per heavy atom. The van der Waals surface area contributed by atoms with Crippen LogP contribution in [0.4, 0.5) is 5.69 Å². The zero-order valence-corrected chi connectivity index (χ0v) is 18.7. The molecule has 0 bridgehead atoms. The molecule has 0 unspecified atom stereocenters. The molecule has 0 radical (unpaired) electrons. The molecular weight excluding hydrogens is 434 g/mol. The first-order valence-electron chi connectivity index (χ1n) is 10.0. The Labute approximate surface area is 180 Å². The van der Waals surface area contributed by atoms with E-state index >= 15 is 0 Å². The van der Waals surface area contributed by atoms with Gasteiger partial charge < -0.3 is 19.5 Å². The molecule has 29 heavy (non-hydrogen) atoms. The van der Waals surface area contributed by atoms with E-state index in [-0.39, 0.29) is 23.6 Å². The maximum atomic E-state index is 13.0. The second kappa shape index (κ2) is 9.59. The number of amides is 2. The zero-order valence-electron chi connectivity index (χ0n) is 17.2. The van der Waals surface area contributed by atoms with Crippen molar-refractivity contribution >= 4 is 33.4 Å². The summed E-state index contributed by atoms with van der Waals surface area (Å²) in [4.78, 5) is 29.6. The lowest BCUT2D eigenvalue weighted by molar-refractivity contribution is 0.0908. The average Bonchev–Trinajstić information content (AvgIpc) is 3.14. The van der Waals surface area contributed by atoms with Gasteiger partial charge in [0.2, 0.25) is 0 Å². The van der Waals surface area contributed by atoms with Crippen LogP contribution in [-0.2, 0) is 0 Å². The second-order valence-corrected chi connectivity index (χ2v) is 8.71. The molecule has 1 fully saturated rings. The number of hydrogen-bond donors (Lipinski definition) is 1. The summed E-state index contributed by atoms with van der Waals surface area (Å²) in [6, 6.07) is 10.6. The zero-order chi connectivity index (χ0) is 21.0. The fourth-order valence-corrected chi connectivity index (χ4v) is 4.01. The number of para-hydroxylation sites is 1. The summed E-state index contributed by atoms with van der Waals surface area (Å²) in [5.41, 5.74) is 1.04. The Kier molecular flexibility index (Phi) is 7.14. The van der Waals surface area contributed by atoms with Crippen molar-refractivity contribution < 1.29 is 14.0 Å². The number of nitrogens with zero attached hydrogens (tertiary/aromatic N) is 2. The maximum Gasteiger partial charge on any atom is 0.293 e. The molecule has 2 heterocycles. The second-order valence-electron chi connectivity index (χ2n) is 7.93. The molecule has 0 aliphatic carbocycles. The van der Waals surface area contributed by atoms with Gasteiger partial charge in [-0.15, -0.1) is 0 Å². The molecule has 0 spiro atoms. The van der Waals surface area contributed by atoms with Crippen LogP contribution in [0, 0.1) is 5.92 Å². The van der Waals surface area contributed by atoms with Crippen LogP contribution in [0.15, 0.2) is 45.5 Å². The van der Waals surface area contributed by atoms with Gasteiger partial charge in [0.05, 0.1) is 11.3 Å². The molecule has 2 aromatic rings. The number of halogens is 1. The number of piperidine rings is 1. The number of hydrogen-bond acceptors (Lipinski definition) is 4. The van der Waals surface area contributed by atoms with E-state index in [1.165, 1.54) is 4.90 Å². The van der Waals surface area contributed by atoms with E-state index in [0.29, 0.717) is 21.8 Å². The normalized spacial score (nSPS) is 15.5. The first kappa shape index (κ1) is 21.6. The lowest BCUT2D eigenvalue weighted by Crippen LogP contribution is -2.45. The van der Waals surface area contributed by atoms with Crippen molar-refractivity contribution in [1.82, 2.24) is 10.2 Å². The van der Waals surface area contributed by atoms with E-state index in [0.717, 1.165) is 32.5 Å². The topological polar surface area (TPSA) is 65.8 Å². The van der Waals surface area contributed by atoms with Gasteiger partial charge in [-0.05, 0) is 59.0 Å². The summed E-state index contributed by atoms with van der Waals surface area (Å²) in [6.45, 7) is 7.54. The number of nitrogens with one attached hydrogen (secondary N) is 1. The van der Waals surface area contributed by atoms with Crippen LogP contribution in [0.5, 0.6) is 0 Å². The predicted molar refractivity (Wildman–Crippen MR) is 117 cm³/mol.